The zero-order valence-corrected chi connectivity index (χ0v) is 14.0. The number of nitrogens with zero attached hydrogens (tertiary/aromatic N) is 2. The Morgan fingerprint density at radius 3 is 2.71 bits per heavy atom. The van der Waals surface area contributed by atoms with E-state index in [-0.39, 0.29) is 5.38 Å². The highest BCUT2D eigenvalue weighted by Crippen LogP contribution is 2.31. The highest BCUT2D eigenvalue weighted by atomic mass is 79.9. The molecule has 1 atom stereocenters. The Bertz CT molecular complexity index is 798. The molecule has 0 saturated carbocycles. The zero-order chi connectivity index (χ0) is 15.0. The van der Waals surface area contributed by atoms with E-state index in [1.54, 1.807) is 7.11 Å². The minimum atomic E-state index is -0.192. The summed E-state index contributed by atoms with van der Waals surface area (Å²) in [5.74, 6) is 1.62. The lowest BCUT2D eigenvalue weighted by Crippen LogP contribution is -2.01. The van der Waals surface area contributed by atoms with Crippen LogP contribution in [0.1, 0.15) is 18.1 Å². The average Bonchev–Trinajstić information content (AvgIpc) is 2.85. The van der Waals surface area contributed by atoms with Crippen LogP contribution in [0, 0.1) is 0 Å². The van der Waals surface area contributed by atoms with Crippen LogP contribution in [0.2, 0.25) is 0 Å². The number of rotatable bonds is 3. The number of benzene rings is 2. The summed E-state index contributed by atoms with van der Waals surface area (Å²) in [6.45, 7) is 1.93. The monoisotopic (exact) mass is 364 g/mol. The highest BCUT2D eigenvalue weighted by Gasteiger charge is 2.17. The van der Waals surface area contributed by atoms with Crippen LogP contribution in [-0.2, 0) is 0 Å². The van der Waals surface area contributed by atoms with E-state index in [1.807, 2.05) is 49.4 Å². The molecule has 0 radical (unpaired) electrons. The Kier molecular flexibility index (Phi) is 3.91. The van der Waals surface area contributed by atoms with Gasteiger partial charge in [0, 0.05) is 16.2 Å². The first-order valence-corrected chi connectivity index (χ1v) is 7.79. The van der Waals surface area contributed by atoms with E-state index in [1.165, 1.54) is 0 Å². The summed E-state index contributed by atoms with van der Waals surface area (Å²) in [6, 6.07) is 13.9. The maximum Gasteiger partial charge on any atom is 0.132 e. The second-order valence-corrected chi connectivity index (χ2v) is 6.33. The van der Waals surface area contributed by atoms with Gasteiger partial charge in [0.05, 0.1) is 23.5 Å². The lowest BCUT2D eigenvalue weighted by molar-refractivity contribution is 0.415. The summed E-state index contributed by atoms with van der Waals surface area (Å²) >= 11 is 9.83. The average molecular weight is 366 g/mol. The first-order valence-electron chi connectivity index (χ1n) is 6.56. The molecule has 1 unspecified atom stereocenters. The first-order chi connectivity index (χ1) is 10.1. The van der Waals surface area contributed by atoms with E-state index in [4.69, 9.17) is 16.3 Å². The minimum Gasteiger partial charge on any atom is -0.497 e. The van der Waals surface area contributed by atoms with Gasteiger partial charge in [0.1, 0.15) is 11.6 Å². The summed E-state index contributed by atoms with van der Waals surface area (Å²) in [6.07, 6.45) is 0. The summed E-state index contributed by atoms with van der Waals surface area (Å²) < 4.78 is 8.40. The van der Waals surface area contributed by atoms with Crippen molar-refractivity contribution >= 4 is 38.6 Å². The van der Waals surface area contributed by atoms with Crippen LogP contribution in [0.4, 0.5) is 0 Å². The third-order valence-corrected chi connectivity index (χ3v) is 4.00. The van der Waals surface area contributed by atoms with Crippen molar-refractivity contribution in [3.8, 4) is 11.4 Å². The summed E-state index contributed by atoms with van der Waals surface area (Å²) in [4.78, 5) is 4.65. The summed E-state index contributed by atoms with van der Waals surface area (Å²) in [7, 11) is 1.66. The number of fused-ring (bicyclic) bond motifs is 1. The normalized spacial score (nSPS) is 12.6. The molecule has 0 aliphatic carbocycles. The Labute approximate surface area is 136 Å². The molecule has 0 spiro atoms. The second-order valence-electron chi connectivity index (χ2n) is 4.76. The molecular weight excluding hydrogens is 352 g/mol. The number of aromatic nitrogens is 2. The molecule has 3 rings (SSSR count). The van der Waals surface area contributed by atoms with Gasteiger partial charge < -0.3 is 4.74 Å². The lowest BCUT2D eigenvalue weighted by Gasteiger charge is -2.11. The predicted octanol–water partition coefficient (Wildman–Crippen LogP) is 5.10. The molecule has 0 aliphatic heterocycles. The first kappa shape index (κ1) is 14.4. The Morgan fingerprint density at radius 1 is 1.24 bits per heavy atom. The molecular formula is C16H14BrClN2O. The molecule has 3 nitrogen and oxygen atoms in total. The molecule has 0 bridgehead atoms. The Balaban J connectivity index is 2.34. The molecule has 1 aromatic heterocycles. The third kappa shape index (κ3) is 2.65. The van der Waals surface area contributed by atoms with E-state index in [0.717, 1.165) is 32.8 Å². The Morgan fingerprint density at radius 2 is 2.05 bits per heavy atom. The van der Waals surface area contributed by atoms with Crippen LogP contribution in [0.15, 0.2) is 46.9 Å². The number of methoxy groups -OCH3 is 1. The van der Waals surface area contributed by atoms with Crippen molar-refractivity contribution < 1.29 is 4.74 Å². The number of imidazole rings is 1. The van der Waals surface area contributed by atoms with Crippen molar-refractivity contribution in [1.29, 1.82) is 0 Å². The third-order valence-electron chi connectivity index (χ3n) is 3.31. The van der Waals surface area contributed by atoms with E-state index >= 15 is 0 Å². The highest BCUT2D eigenvalue weighted by molar-refractivity contribution is 9.10. The number of hydrogen-bond donors (Lipinski definition) is 0. The van der Waals surface area contributed by atoms with Gasteiger partial charge in [0.15, 0.2) is 0 Å². The van der Waals surface area contributed by atoms with Gasteiger partial charge in [-0.1, -0.05) is 22.0 Å². The van der Waals surface area contributed by atoms with Gasteiger partial charge in [0.25, 0.3) is 0 Å². The van der Waals surface area contributed by atoms with Gasteiger partial charge in [-0.05, 0) is 37.3 Å². The van der Waals surface area contributed by atoms with Crippen molar-refractivity contribution in [1.82, 2.24) is 9.55 Å². The van der Waals surface area contributed by atoms with Crippen LogP contribution in [0.3, 0.4) is 0 Å². The summed E-state index contributed by atoms with van der Waals surface area (Å²) in [5.41, 5.74) is 2.90. The van der Waals surface area contributed by atoms with Gasteiger partial charge >= 0.3 is 0 Å². The molecule has 0 aliphatic rings. The molecule has 5 heteroatoms. The molecule has 0 amide bonds. The second kappa shape index (κ2) is 5.70. The van der Waals surface area contributed by atoms with E-state index < -0.39 is 0 Å². The van der Waals surface area contributed by atoms with Gasteiger partial charge in [-0.2, -0.15) is 0 Å². The number of alkyl halides is 1. The van der Waals surface area contributed by atoms with Crippen LogP contribution in [0.25, 0.3) is 16.7 Å². The fraction of sp³-hybridized carbons (Fsp3) is 0.188. The van der Waals surface area contributed by atoms with Gasteiger partial charge in [-0.3, -0.25) is 4.57 Å². The van der Waals surface area contributed by atoms with Crippen LogP contribution in [-0.4, -0.2) is 16.7 Å². The molecule has 2 aromatic carbocycles. The molecule has 0 N–H and O–H groups in total. The van der Waals surface area contributed by atoms with Crippen molar-refractivity contribution in [2.24, 2.45) is 0 Å². The predicted molar refractivity (Wildman–Crippen MR) is 89.6 cm³/mol. The fourth-order valence-electron chi connectivity index (χ4n) is 2.35. The Hall–Kier alpha value is -1.52. The SMILES string of the molecule is COc1ccc2nc(C(C)Cl)n(-c3cccc(Br)c3)c2c1. The maximum atomic E-state index is 6.32. The molecule has 108 valence electrons. The minimum absolute atomic E-state index is 0.192. The standard InChI is InChI=1S/C16H14BrClN2O/c1-10(18)16-19-14-7-6-13(21-2)9-15(14)20(16)12-5-3-4-11(17)8-12/h3-10H,1-2H3. The molecule has 21 heavy (non-hydrogen) atoms. The largest absolute Gasteiger partial charge is 0.497 e. The van der Waals surface area contributed by atoms with Crippen LogP contribution < -0.4 is 4.74 Å². The fourth-order valence-corrected chi connectivity index (χ4v) is 2.89. The van der Waals surface area contributed by atoms with Crippen molar-refractivity contribution in [2.45, 2.75) is 12.3 Å². The number of ether oxygens (including phenoxy) is 1. The van der Waals surface area contributed by atoms with Gasteiger partial charge in [-0.15, -0.1) is 11.6 Å². The van der Waals surface area contributed by atoms with Gasteiger partial charge in [0.2, 0.25) is 0 Å². The molecule has 0 fully saturated rings. The molecule has 1 heterocycles. The van der Waals surface area contributed by atoms with Crippen molar-refractivity contribution in [3.05, 3.63) is 52.8 Å². The van der Waals surface area contributed by atoms with Crippen molar-refractivity contribution in [2.75, 3.05) is 7.11 Å². The topological polar surface area (TPSA) is 27.1 Å². The quantitative estimate of drug-likeness (QED) is 0.604. The van der Waals surface area contributed by atoms with E-state index in [2.05, 4.69) is 25.5 Å². The molecule has 0 saturated heterocycles. The van der Waals surface area contributed by atoms with Crippen LogP contribution >= 0.6 is 27.5 Å². The lowest BCUT2D eigenvalue weighted by atomic mass is 10.2. The van der Waals surface area contributed by atoms with E-state index in [9.17, 15) is 0 Å². The molecule has 3 aromatic rings. The van der Waals surface area contributed by atoms with Crippen molar-refractivity contribution in [3.63, 3.8) is 0 Å². The summed E-state index contributed by atoms with van der Waals surface area (Å²) in [5, 5.41) is -0.192. The van der Waals surface area contributed by atoms with Crippen LogP contribution in [0.5, 0.6) is 5.75 Å². The number of halogens is 2. The number of hydrogen-bond acceptors (Lipinski definition) is 2. The smallest absolute Gasteiger partial charge is 0.132 e. The van der Waals surface area contributed by atoms with E-state index in [0.29, 0.717) is 0 Å². The maximum absolute atomic E-state index is 6.32. The van der Waals surface area contributed by atoms with Gasteiger partial charge in [-0.25, -0.2) is 4.98 Å². The zero-order valence-electron chi connectivity index (χ0n) is 11.7.